The standard InChI is InChI=1S/C18H25F3N4O3S/c1-17(2,3)11-25-14-8-7-13(22-15(14)23(4)16(25)26)12-6-5-9-24(10-12)29(27,28)18(19,20)21/h7-8,12H,5-6,9-11H2,1-4H3. The molecule has 162 valence electrons. The average Bonchev–Trinajstić information content (AvgIpc) is 2.84. The predicted molar refractivity (Wildman–Crippen MR) is 103 cm³/mol. The molecular formula is C18H25F3N4O3S. The second-order valence-electron chi connectivity index (χ2n) is 8.72. The van der Waals surface area contributed by atoms with Crippen molar-refractivity contribution in [3.05, 3.63) is 28.3 Å². The van der Waals surface area contributed by atoms with Crippen LogP contribution < -0.4 is 5.69 Å². The minimum atomic E-state index is -5.37. The maximum absolute atomic E-state index is 12.9. The van der Waals surface area contributed by atoms with E-state index >= 15 is 0 Å². The summed E-state index contributed by atoms with van der Waals surface area (Å²) in [7, 11) is -3.77. The fourth-order valence-corrected chi connectivity index (χ4v) is 4.73. The van der Waals surface area contributed by atoms with Gasteiger partial charge in [-0.3, -0.25) is 9.13 Å². The summed E-state index contributed by atoms with van der Waals surface area (Å²) in [4.78, 5) is 17.1. The number of aryl methyl sites for hydroxylation is 1. The van der Waals surface area contributed by atoms with Gasteiger partial charge in [0.2, 0.25) is 0 Å². The molecule has 0 aliphatic carbocycles. The van der Waals surface area contributed by atoms with Crippen molar-refractivity contribution in [2.75, 3.05) is 13.1 Å². The Labute approximate surface area is 167 Å². The summed E-state index contributed by atoms with van der Waals surface area (Å²) < 4.78 is 65.8. The molecule has 29 heavy (non-hydrogen) atoms. The van der Waals surface area contributed by atoms with E-state index in [2.05, 4.69) is 4.98 Å². The third-order valence-electron chi connectivity index (χ3n) is 5.07. The summed E-state index contributed by atoms with van der Waals surface area (Å²) in [6.45, 7) is 6.08. The van der Waals surface area contributed by atoms with Gasteiger partial charge in [-0.1, -0.05) is 20.8 Å². The first-order valence-electron chi connectivity index (χ1n) is 9.35. The lowest BCUT2D eigenvalue weighted by atomic mass is 9.95. The highest BCUT2D eigenvalue weighted by Crippen LogP contribution is 2.33. The highest BCUT2D eigenvalue weighted by Gasteiger charge is 2.50. The summed E-state index contributed by atoms with van der Waals surface area (Å²) in [6, 6.07) is 3.41. The molecule has 1 unspecified atom stereocenters. The van der Waals surface area contributed by atoms with Crippen LogP contribution in [0.3, 0.4) is 0 Å². The van der Waals surface area contributed by atoms with Gasteiger partial charge in [0.05, 0.1) is 5.52 Å². The van der Waals surface area contributed by atoms with Crippen molar-refractivity contribution in [2.45, 2.75) is 51.6 Å². The molecule has 0 saturated carbocycles. The molecule has 3 rings (SSSR count). The molecule has 2 aromatic rings. The Kier molecular flexibility index (Phi) is 5.36. The summed E-state index contributed by atoms with van der Waals surface area (Å²) in [5.74, 6) is -0.466. The number of halogens is 3. The quantitative estimate of drug-likeness (QED) is 0.744. The van der Waals surface area contributed by atoms with Crippen LogP contribution in [0.2, 0.25) is 0 Å². The molecule has 0 radical (unpaired) electrons. The van der Waals surface area contributed by atoms with Crippen LogP contribution in [0.15, 0.2) is 16.9 Å². The van der Waals surface area contributed by atoms with Gasteiger partial charge in [0.25, 0.3) is 0 Å². The van der Waals surface area contributed by atoms with Crippen LogP contribution in [0.1, 0.15) is 45.2 Å². The number of imidazole rings is 1. The SMILES string of the molecule is Cn1c(=O)n(CC(C)(C)C)c2ccc(C3CCCN(S(=O)(=O)C(F)(F)F)C3)nc21. The van der Waals surface area contributed by atoms with Crippen molar-refractivity contribution in [3.8, 4) is 0 Å². The second-order valence-corrected chi connectivity index (χ2v) is 10.6. The highest BCUT2D eigenvalue weighted by molar-refractivity contribution is 7.90. The van der Waals surface area contributed by atoms with Crippen LogP contribution in [0.25, 0.3) is 11.2 Å². The number of nitrogens with zero attached hydrogens (tertiary/aromatic N) is 4. The van der Waals surface area contributed by atoms with Gasteiger partial charge >= 0.3 is 21.2 Å². The number of hydrogen-bond donors (Lipinski definition) is 0. The van der Waals surface area contributed by atoms with E-state index < -0.39 is 21.4 Å². The molecule has 1 fully saturated rings. The minimum absolute atomic E-state index is 0.132. The third-order valence-corrected chi connectivity index (χ3v) is 6.67. The van der Waals surface area contributed by atoms with E-state index in [1.54, 1.807) is 23.7 Å². The summed E-state index contributed by atoms with van der Waals surface area (Å²) in [5, 5.41) is 0. The molecule has 7 nitrogen and oxygen atoms in total. The Balaban J connectivity index is 1.97. The zero-order valence-corrected chi connectivity index (χ0v) is 17.6. The molecule has 1 atom stereocenters. The van der Waals surface area contributed by atoms with Crippen molar-refractivity contribution in [3.63, 3.8) is 0 Å². The fraction of sp³-hybridized carbons (Fsp3) is 0.667. The smallest absolute Gasteiger partial charge is 0.290 e. The third kappa shape index (κ3) is 4.07. The molecule has 3 heterocycles. The van der Waals surface area contributed by atoms with E-state index in [-0.39, 0.29) is 24.2 Å². The lowest BCUT2D eigenvalue weighted by Crippen LogP contribution is -2.45. The van der Waals surface area contributed by atoms with E-state index in [0.717, 1.165) is 0 Å². The van der Waals surface area contributed by atoms with Gasteiger partial charge in [0.1, 0.15) is 0 Å². The zero-order chi connectivity index (χ0) is 21.8. The normalized spacial score (nSPS) is 19.8. The van der Waals surface area contributed by atoms with Crippen molar-refractivity contribution in [2.24, 2.45) is 12.5 Å². The van der Waals surface area contributed by atoms with Crippen LogP contribution in [0.5, 0.6) is 0 Å². The van der Waals surface area contributed by atoms with Gasteiger partial charge in [0.15, 0.2) is 5.65 Å². The molecule has 1 aliphatic rings. The number of sulfonamides is 1. The first-order chi connectivity index (χ1) is 13.2. The molecule has 11 heteroatoms. The molecule has 1 saturated heterocycles. The molecule has 0 bridgehead atoms. The van der Waals surface area contributed by atoms with Crippen molar-refractivity contribution < 1.29 is 21.6 Å². The first-order valence-corrected chi connectivity index (χ1v) is 10.8. The Morgan fingerprint density at radius 2 is 1.86 bits per heavy atom. The van der Waals surface area contributed by atoms with E-state index in [9.17, 15) is 26.4 Å². The average molecular weight is 434 g/mol. The maximum atomic E-state index is 12.9. The van der Waals surface area contributed by atoms with Crippen molar-refractivity contribution >= 4 is 21.2 Å². The number of rotatable bonds is 3. The lowest BCUT2D eigenvalue weighted by molar-refractivity contribution is -0.0495. The number of pyridine rings is 1. The number of fused-ring (bicyclic) bond motifs is 1. The monoisotopic (exact) mass is 434 g/mol. The number of hydrogen-bond acceptors (Lipinski definition) is 4. The minimum Gasteiger partial charge on any atom is -0.290 e. The lowest BCUT2D eigenvalue weighted by Gasteiger charge is -2.32. The molecule has 2 aromatic heterocycles. The van der Waals surface area contributed by atoms with Crippen LogP contribution in [0, 0.1) is 5.41 Å². The Morgan fingerprint density at radius 3 is 2.45 bits per heavy atom. The van der Waals surface area contributed by atoms with Gasteiger partial charge in [-0.15, -0.1) is 0 Å². The van der Waals surface area contributed by atoms with Gasteiger partial charge in [0, 0.05) is 38.3 Å². The molecule has 1 aliphatic heterocycles. The van der Waals surface area contributed by atoms with Gasteiger partial charge in [-0.05, 0) is 30.4 Å². The van der Waals surface area contributed by atoms with Crippen LogP contribution in [-0.4, -0.2) is 45.4 Å². The Hall–Kier alpha value is -1.88. The molecule has 0 amide bonds. The van der Waals surface area contributed by atoms with E-state index in [4.69, 9.17) is 0 Å². The summed E-state index contributed by atoms with van der Waals surface area (Å²) in [5.41, 5.74) is -4.10. The Bertz CT molecular complexity index is 1080. The molecular weight excluding hydrogens is 409 g/mol. The first kappa shape index (κ1) is 21.8. The van der Waals surface area contributed by atoms with Crippen LogP contribution >= 0.6 is 0 Å². The molecule has 0 spiro atoms. The zero-order valence-electron chi connectivity index (χ0n) is 16.8. The maximum Gasteiger partial charge on any atom is 0.511 e. The van der Waals surface area contributed by atoms with E-state index in [1.807, 2.05) is 20.8 Å². The van der Waals surface area contributed by atoms with Crippen LogP contribution in [0.4, 0.5) is 13.2 Å². The van der Waals surface area contributed by atoms with E-state index in [0.29, 0.717) is 40.5 Å². The van der Waals surface area contributed by atoms with E-state index in [1.165, 1.54) is 4.57 Å². The predicted octanol–water partition coefficient (Wildman–Crippen LogP) is 2.81. The fourth-order valence-electron chi connectivity index (χ4n) is 3.69. The van der Waals surface area contributed by atoms with Crippen molar-refractivity contribution in [1.29, 1.82) is 0 Å². The molecule has 0 N–H and O–H groups in total. The second kappa shape index (κ2) is 7.12. The largest absolute Gasteiger partial charge is 0.511 e. The number of aromatic nitrogens is 3. The summed E-state index contributed by atoms with van der Waals surface area (Å²) in [6.07, 6.45) is 0.836. The number of alkyl halides is 3. The highest BCUT2D eigenvalue weighted by atomic mass is 32.2. The van der Waals surface area contributed by atoms with Gasteiger partial charge in [-0.2, -0.15) is 17.5 Å². The van der Waals surface area contributed by atoms with Gasteiger partial charge in [-0.25, -0.2) is 18.2 Å². The topological polar surface area (TPSA) is 77.2 Å². The van der Waals surface area contributed by atoms with Crippen molar-refractivity contribution in [1.82, 2.24) is 18.4 Å². The summed E-state index contributed by atoms with van der Waals surface area (Å²) >= 11 is 0. The van der Waals surface area contributed by atoms with Gasteiger partial charge < -0.3 is 0 Å². The van der Waals surface area contributed by atoms with Crippen LogP contribution in [-0.2, 0) is 23.6 Å². The molecule has 0 aromatic carbocycles. The Morgan fingerprint density at radius 1 is 1.21 bits per heavy atom. The number of piperidine rings is 1.